The minimum atomic E-state index is -1.81. The molecular weight excluding hydrogens is 312 g/mol. The lowest BCUT2D eigenvalue weighted by Gasteiger charge is -2.31. The molecule has 0 spiro atoms. The van der Waals surface area contributed by atoms with E-state index in [1.165, 1.54) is 15.6 Å². The van der Waals surface area contributed by atoms with E-state index in [9.17, 15) is 0 Å². The summed E-state index contributed by atoms with van der Waals surface area (Å²) in [6.07, 6.45) is 2.14. The van der Waals surface area contributed by atoms with Gasteiger partial charge in [-0.2, -0.15) is 0 Å². The first kappa shape index (κ1) is 17.7. The molecule has 0 amide bonds. The van der Waals surface area contributed by atoms with Gasteiger partial charge < -0.3 is 4.43 Å². The zero-order chi connectivity index (χ0) is 17.1. The summed E-state index contributed by atoms with van der Waals surface area (Å²) in [4.78, 5) is 1.47. The zero-order valence-electron chi connectivity index (χ0n) is 15.0. The maximum Gasteiger partial charge on any atom is 0.210 e. The molecule has 0 bridgehead atoms. The quantitative estimate of drug-likeness (QED) is 0.539. The molecule has 0 aliphatic rings. The molecule has 3 heteroatoms. The monoisotopic (exact) mass is 338 g/mol. The van der Waals surface area contributed by atoms with Crippen LogP contribution in [0, 0.1) is 11.8 Å². The van der Waals surface area contributed by atoms with Crippen molar-refractivity contribution in [3.05, 3.63) is 58.9 Å². The lowest BCUT2D eigenvalue weighted by Crippen LogP contribution is -2.44. The molecule has 2 rings (SSSR count). The molecule has 0 heterocycles. The standard InChI is InChI=1S/C20H26OSi2/c1-21-23(5,6)20(22(2,3)4)16-10-14-18-13-9-12-17-11-7-8-15-19(17)18/h7-9,11-13,15-16H,1-6H3/b20-16-. The number of rotatable bonds is 3. The van der Waals surface area contributed by atoms with Crippen molar-refractivity contribution in [1.82, 2.24) is 0 Å². The fourth-order valence-electron chi connectivity index (χ4n) is 2.92. The van der Waals surface area contributed by atoms with Gasteiger partial charge in [-0.3, -0.25) is 0 Å². The van der Waals surface area contributed by atoms with Crippen molar-refractivity contribution in [2.45, 2.75) is 32.7 Å². The first-order valence-corrected chi connectivity index (χ1v) is 14.4. The number of allylic oxidation sites excluding steroid dienone is 1. The Morgan fingerprint density at radius 3 is 2.26 bits per heavy atom. The van der Waals surface area contributed by atoms with Crippen LogP contribution in [-0.4, -0.2) is 23.5 Å². The van der Waals surface area contributed by atoms with Gasteiger partial charge in [0.25, 0.3) is 0 Å². The van der Waals surface area contributed by atoms with E-state index in [1.807, 2.05) is 7.11 Å². The molecule has 1 nitrogen and oxygen atoms in total. The molecule has 0 unspecified atom stereocenters. The van der Waals surface area contributed by atoms with E-state index in [0.29, 0.717) is 0 Å². The van der Waals surface area contributed by atoms with Gasteiger partial charge in [-0.25, -0.2) is 0 Å². The van der Waals surface area contributed by atoms with Crippen molar-refractivity contribution in [2.24, 2.45) is 0 Å². The number of fused-ring (bicyclic) bond motifs is 1. The Bertz CT molecular complexity index is 781. The third kappa shape index (κ3) is 4.23. The van der Waals surface area contributed by atoms with Gasteiger partial charge in [0.05, 0.1) is 8.07 Å². The molecule has 0 saturated heterocycles. The van der Waals surface area contributed by atoms with Crippen molar-refractivity contribution >= 4 is 27.2 Å². The van der Waals surface area contributed by atoms with E-state index in [1.54, 1.807) is 0 Å². The zero-order valence-corrected chi connectivity index (χ0v) is 17.0. The maximum absolute atomic E-state index is 5.84. The van der Waals surface area contributed by atoms with E-state index < -0.39 is 16.4 Å². The van der Waals surface area contributed by atoms with Crippen molar-refractivity contribution in [3.63, 3.8) is 0 Å². The Hall–Kier alpha value is -1.61. The summed E-state index contributed by atoms with van der Waals surface area (Å²) >= 11 is 0. The van der Waals surface area contributed by atoms with Crippen LogP contribution in [0.25, 0.3) is 10.8 Å². The van der Waals surface area contributed by atoms with Crippen LogP contribution in [0.3, 0.4) is 0 Å². The fraction of sp³-hybridized carbons (Fsp3) is 0.300. The van der Waals surface area contributed by atoms with Crippen LogP contribution in [0.5, 0.6) is 0 Å². The third-order valence-electron chi connectivity index (χ3n) is 4.18. The molecule has 0 aliphatic carbocycles. The molecule has 0 N–H and O–H groups in total. The van der Waals surface area contributed by atoms with Crippen LogP contribution < -0.4 is 0 Å². The highest BCUT2D eigenvalue weighted by atomic mass is 28.4. The van der Waals surface area contributed by atoms with Crippen molar-refractivity contribution < 1.29 is 4.43 Å². The van der Waals surface area contributed by atoms with Crippen molar-refractivity contribution in [3.8, 4) is 11.8 Å². The lowest BCUT2D eigenvalue weighted by molar-refractivity contribution is 0.414. The van der Waals surface area contributed by atoms with Gasteiger partial charge in [0.15, 0.2) is 0 Å². The summed E-state index contributed by atoms with van der Waals surface area (Å²) in [7, 11) is -1.42. The first-order valence-electron chi connectivity index (χ1n) is 8.01. The van der Waals surface area contributed by atoms with Gasteiger partial charge >= 0.3 is 0 Å². The number of hydrogen-bond acceptors (Lipinski definition) is 1. The summed E-state index contributed by atoms with van der Waals surface area (Å²) in [6.45, 7) is 11.6. The van der Waals surface area contributed by atoms with Crippen LogP contribution in [0.1, 0.15) is 5.56 Å². The molecule has 23 heavy (non-hydrogen) atoms. The Morgan fingerprint density at radius 1 is 0.957 bits per heavy atom. The van der Waals surface area contributed by atoms with Crippen LogP contribution >= 0.6 is 0 Å². The molecule has 0 saturated carbocycles. The van der Waals surface area contributed by atoms with Gasteiger partial charge in [-0.1, -0.05) is 72.7 Å². The first-order chi connectivity index (χ1) is 10.8. The van der Waals surface area contributed by atoms with Gasteiger partial charge in [-0.05, 0) is 36.0 Å². The van der Waals surface area contributed by atoms with Crippen molar-refractivity contribution in [2.75, 3.05) is 7.11 Å². The number of benzene rings is 2. The highest BCUT2D eigenvalue weighted by Crippen LogP contribution is 2.25. The summed E-state index contributed by atoms with van der Waals surface area (Å²) in [5.41, 5.74) is 1.09. The molecule has 0 radical (unpaired) electrons. The summed E-state index contributed by atoms with van der Waals surface area (Å²) in [5, 5.41) is 2.45. The summed E-state index contributed by atoms with van der Waals surface area (Å²) in [6, 6.07) is 14.7. The summed E-state index contributed by atoms with van der Waals surface area (Å²) < 4.78 is 5.84. The Kier molecular flexibility index (Phi) is 5.31. The minimum absolute atomic E-state index is 1.09. The topological polar surface area (TPSA) is 9.23 Å². The summed E-state index contributed by atoms with van der Waals surface area (Å²) in [5.74, 6) is 6.67. The average Bonchev–Trinajstić information content (AvgIpc) is 2.50. The second kappa shape index (κ2) is 6.88. The molecule has 0 fully saturated rings. The van der Waals surface area contributed by atoms with Crippen LogP contribution in [0.15, 0.2) is 53.4 Å². The van der Waals surface area contributed by atoms with Crippen LogP contribution in [0.2, 0.25) is 32.7 Å². The second-order valence-corrected chi connectivity index (χ2v) is 16.8. The molecule has 0 aromatic heterocycles. The van der Waals surface area contributed by atoms with Gasteiger partial charge in [0.2, 0.25) is 8.32 Å². The molecule has 0 atom stereocenters. The lowest BCUT2D eigenvalue weighted by atomic mass is 10.1. The normalized spacial score (nSPS) is 12.9. The van der Waals surface area contributed by atoms with E-state index in [0.717, 1.165) is 5.56 Å². The van der Waals surface area contributed by atoms with Crippen molar-refractivity contribution in [1.29, 1.82) is 0 Å². The highest BCUT2D eigenvalue weighted by Gasteiger charge is 2.35. The van der Waals surface area contributed by atoms with E-state index in [-0.39, 0.29) is 0 Å². The van der Waals surface area contributed by atoms with Crippen LogP contribution in [-0.2, 0) is 4.43 Å². The third-order valence-corrected chi connectivity index (χ3v) is 12.5. The van der Waals surface area contributed by atoms with Gasteiger partial charge in [0.1, 0.15) is 0 Å². The molecule has 120 valence electrons. The molecule has 0 aliphatic heterocycles. The van der Waals surface area contributed by atoms with E-state index in [2.05, 4.69) is 93.1 Å². The Balaban J connectivity index is 2.47. The van der Waals surface area contributed by atoms with Crippen LogP contribution in [0.4, 0.5) is 0 Å². The smallest absolute Gasteiger partial charge is 0.210 e. The maximum atomic E-state index is 5.84. The number of hydrogen-bond donors (Lipinski definition) is 0. The largest absolute Gasteiger partial charge is 0.417 e. The fourth-order valence-corrected chi connectivity index (χ4v) is 11.6. The highest BCUT2D eigenvalue weighted by molar-refractivity contribution is 7.02. The molecule has 2 aromatic carbocycles. The Labute approximate surface area is 142 Å². The molecule has 2 aromatic rings. The Morgan fingerprint density at radius 2 is 1.61 bits per heavy atom. The average molecular weight is 339 g/mol. The van der Waals surface area contributed by atoms with Gasteiger partial charge in [-0.15, -0.1) is 0 Å². The van der Waals surface area contributed by atoms with Gasteiger partial charge in [0, 0.05) is 12.7 Å². The second-order valence-electron chi connectivity index (χ2n) is 7.32. The SMILES string of the molecule is CO[Si](C)(C)/C(=C\C#Cc1cccc2ccccc12)[Si](C)(C)C. The molecular formula is C20H26OSi2. The van der Waals surface area contributed by atoms with E-state index >= 15 is 0 Å². The predicted molar refractivity (Wildman–Crippen MR) is 107 cm³/mol. The van der Waals surface area contributed by atoms with E-state index in [4.69, 9.17) is 4.43 Å². The minimum Gasteiger partial charge on any atom is -0.417 e. The predicted octanol–water partition coefficient (Wildman–Crippen LogP) is 5.39.